The first-order chi connectivity index (χ1) is 8.58. The van der Waals surface area contributed by atoms with Crippen LogP contribution in [0.15, 0.2) is 24.3 Å². The summed E-state index contributed by atoms with van der Waals surface area (Å²) in [6.07, 6.45) is 2.15. The van der Waals surface area contributed by atoms with Crippen LogP contribution in [0.1, 0.15) is 45.2 Å². The lowest BCUT2D eigenvalue weighted by atomic mass is 10.0. The van der Waals surface area contributed by atoms with E-state index >= 15 is 0 Å². The van der Waals surface area contributed by atoms with Crippen molar-refractivity contribution in [1.82, 2.24) is 4.90 Å². The monoisotopic (exact) mass is 268 g/mol. The largest absolute Gasteiger partial charge is 0.324 e. The van der Waals surface area contributed by atoms with Crippen LogP contribution in [0.5, 0.6) is 0 Å². The molecule has 0 amide bonds. The summed E-state index contributed by atoms with van der Waals surface area (Å²) in [6, 6.07) is 8.56. The van der Waals surface area contributed by atoms with E-state index in [1.807, 2.05) is 18.2 Å². The lowest BCUT2D eigenvalue weighted by Crippen LogP contribution is -2.34. The van der Waals surface area contributed by atoms with Crippen molar-refractivity contribution < 1.29 is 0 Å². The fraction of sp³-hybridized carbons (Fsp3) is 0.600. The predicted molar refractivity (Wildman–Crippen MR) is 80.0 cm³/mol. The highest BCUT2D eigenvalue weighted by Crippen LogP contribution is 2.19. The fourth-order valence-corrected chi connectivity index (χ4v) is 2.36. The standard InChI is InChI=1S/C15H25ClN2/c1-4-12(3)18(5-2)10-9-15(17)13-7-6-8-14(16)11-13/h6-8,11-12,15H,4-5,9-10,17H2,1-3H3. The lowest BCUT2D eigenvalue weighted by Gasteiger charge is -2.28. The van der Waals surface area contributed by atoms with Gasteiger partial charge in [-0.3, -0.25) is 0 Å². The molecule has 0 aliphatic rings. The summed E-state index contributed by atoms with van der Waals surface area (Å²) in [5, 5.41) is 0.761. The van der Waals surface area contributed by atoms with Crippen molar-refractivity contribution in [1.29, 1.82) is 0 Å². The van der Waals surface area contributed by atoms with Crippen LogP contribution < -0.4 is 5.73 Å². The van der Waals surface area contributed by atoms with E-state index in [1.54, 1.807) is 0 Å². The quantitative estimate of drug-likeness (QED) is 0.814. The Bertz CT molecular complexity index is 354. The topological polar surface area (TPSA) is 29.3 Å². The molecule has 0 heterocycles. The molecule has 18 heavy (non-hydrogen) atoms. The van der Waals surface area contributed by atoms with E-state index < -0.39 is 0 Å². The third-order valence-corrected chi connectivity index (χ3v) is 3.86. The Morgan fingerprint density at radius 2 is 2.06 bits per heavy atom. The Morgan fingerprint density at radius 3 is 2.61 bits per heavy atom. The first-order valence-corrected chi connectivity index (χ1v) is 7.21. The summed E-state index contributed by atoms with van der Waals surface area (Å²) in [4.78, 5) is 2.48. The Morgan fingerprint density at radius 1 is 1.33 bits per heavy atom. The summed E-state index contributed by atoms with van der Waals surface area (Å²) in [5.41, 5.74) is 7.35. The van der Waals surface area contributed by atoms with Gasteiger partial charge >= 0.3 is 0 Å². The van der Waals surface area contributed by atoms with Crippen molar-refractivity contribution in [3.8, 4) is 0 Å². The molecule has 0 aliphatic heterocycles. The zero-order valence-corrected chi connectivity index (χ0v) is 12.5. The number of nitrogens with zero attached hydrogens (tertiary/aromatic N) is 1. The molecule has 0 saturated heterocycles. The van der Waals surface area contributed by atoms with Gasteiger partial charge in [0, 0.05) is 23.7 Å². The van der Waals surface area contributed by atoms with Crippen molar-refractivity contribution in [3.63, 3.8) is 0 Å². The molecule has 0 aliphatic carbocycles. The van der Waals surface area contributed by atoms with Crippen LogP contribution >= 0.6 is 11.6 Å². The van der Waals surface area contributed by atoms with Gasteiger partial charge in [0.2, 0.25) is 0 Å². The predicted octanol–water partition coefficient (Wildman–Crippen LogP) is 3.85. The van der Waals surface area contributed by atoms with Crippen LogP contribution in [0.4, 0.5) is 0 Å². The van der Waals surface area contributed by atoms with Crippen LogP contribution in [-0.2, 0) is 0 Å². The number of hydrogen-bond donors (Lipinski definition) is 1. The SMILES string of the molecule is CCC(C)N(CC)CCC(N)c1cccc(Cl)c1. The van der Waals surface area contributed by atoms with Gasteiger partial charge in [-0.2, -0.15) is 0 Å². The maximum Gasteiger partial charge on any atom is 0.0409 e. The number of benzene rings is 1. The maximum atomic E-state index is 6.22. The van der Waals surface area contributed by atoms with Crippen molar-refractivity contribution in [2.24, 2.45) is 5.73 Å². The molecule has 0 spiro atoms. The zero-order valence-electron chi connectivity index (χ0n) is 11.7. The van der Waals surface area contributed by atoms with Crippen LogP contribution in [-0.4, -0.2) is 24.0 Å². The van der Waals surface area contributed by atoms with Crippen LogP contribution in [0.25, 0.3) is 0 Å². The number of halogens is 1. The Hall–Kier alpha value is -0.570. The molecule has 0 radical (unpaired) electrons. The molecule has 1 aromatic carbocycles. The number of nitrogens with two attached hydrogens (primary N) is 1. The summed E-state index contributed by atoms with van der Waals surface area (Å²) >= 11 is 5.99. The van der Waals surface area contributed by atoms with Gasteiger partial charge in [0.05, 0.1) is 0 Å². The second-order valence-electron chi connectivity index (χ2n) is 4.84. The Kier molecular flexibility index (Phi) is 6.69. The van der Waals surface area contributed by atoms with Gasteiger partial charge in [0.25, 0.3) is 0 Å². The van der Waals surface area contributed by atoms with E-state index in [0.29, 0.717) is 6.04 Å². The van der Waals surface area contributed by atoms with Crippen LogP contribution in [0.3, 0.4) is 0 Å². The van der Waals surface area contributed by atoms with Gasteiger partial charge in [-0.1, -0.05) is 37.6 Å². The molecule has 2 nitrogen and oxygen atoms in total. The number of rotatable bonds is 7. The van der Waals surface area contributed by atoms with E-state index in [0.717, 1.165) is 30.1 Å². The summed E-state index contributed by atoms with van der Waals surface area (Å²) in [6.45, 7) is 8.83. The zero-order chi connectivity index (χ0) is 13.5. The number of hydrogen-bond acceptors (Lipinski definition) is 2. The van der Waals surface area contributed by atoms with E-state index in [2.05, 4.69) is 31.7 Å². The van der Waals surface area contributed by atoms with E-state index in [1.165, 1.54) is 6.42 Å². The third-order valence-electron chi connectivity index (χ3n) is 3.62. The van der Waals surface area contributed by atoms with Crippen molar-refractivity contribution >= 4 is 11.6 Å². The molecule has 1 rings (SSSR count). The van der Waals surface area contributed by atoms with E-state index in [4.69, 9.17) is 17.3 Å². The molecular formula is C15H25ClN2. The highest BCUT2D eigenvalue weighted by atomic mass is 35.5. The molecule has 0 fully saturated rings. The molecular weight excluding hydrogens is 244 g/mol. The smallest absolute Gasteiger partial charge is 0.0409 e. The average Bonchev–Trinajstić information content (AvgIpc) is 2.38. The minimum absolute atomic E-state index is 0.0711. The normalized spacial score (nSPS) is 14.8. The van der Waals surface area contributed by atoms with E-state index in [-0.39, 0.29) is 6.04 Å². The fourth-order valence-electron chi connectivity index (χ4n) is 2.16. The van der Waals surface area contributed by atoms with Gasteiger partial charge in [0.15, 0.2) is 0 Å². The van der Waals surface area contributed by atoms with Gasteiger partial charge in [-0.15, -0.1) is 0 Å². The second-order valence-corrected chi connectivity index (χ2v) is 5.27. The van der Waals surface area contributed by atoms with Gasteiger partial charge in [-0.25, -0.2) is 0 Å². The van der Waals surface area contributed by atoms with Gasteiger partial charge in [0.1, 0.15) is 0 Å². The molecule has 0 bridgehead atoms. The Labute approximate surface area is 116 Å². The molecule has 0 aromatic heterocycles. The molecule has 1 aromatic rings. The van der Waals surface area contributed by atoms with Gasteiger partial charge in [-0.05, 0) is 44.0 Å². The molecule has 0 saturated carbocycles. The minimum atomic E-state index is 0.0711. The molecule has 2 atom stereocenters. The molecule has 2 unspecified atom stereocenters. The highest BCUT2D eigenvalue weighted by molar-refractivity contribution is 6.30. The van der Waals surface area contributed by atoms with Crippen LogP contribution in [0, 0.1) is 0 Å². The highest BCUT2D eigenvalue weighted by Gasteiger charge is 2.12. The Balaban J connectivity index is 2.52. The third kappa shape index (κ3) is 4.60. The average molecular weight is 269 g/mol. The lowest BCUT2D eigenvalue weighted by molar-refractivity contribution is 0.207. The van der Waals surface area contributed by atoms with Crippen molar-refractivity contribution in [2.45, 2.75) is 45.7 Å². The first kappa shape index (κ1) is 15.5. The van der Waals surface area contributed by atoms with Gasteiger partial charge < -0.3 is 10.6 Å². The summed E-state index contributed by atoms with van der Waals surface area (Å²) in [7, 11) is 0. The molecule has 102 valence electrons. The summed E-state index contributed by atoms with van der Waals surface area (Å²) in [5.74, 6) is 0. The van der Waals surface area contributed by atoms with Crippen LogP contribution in [0.2, 0.25) is 5.02 Å². The van der Waals surface area contributed by atoms with Crippen molar-refractivity contribution in [2.75, 3.05) is 13.1 Å². The molecule has 3 heteroatoms. The maximum absolute atomic E-state index is 6.22. The van der Waals surface area contributed by atoms with Crippen molar-refractivity contribution in [3.05, 3.63) is 34.9 Å². The van der Waals surface area contributed by atoms with E-state index in [9.17, 15) is 0 Å². The second kappa shape index (κ2) is 7.78. The molecule has 2 N–H and O–H groups in total. The minimum Gasteiger partial charge on any atom is -0.324 e. The summed E-state index contributed by atoms with van der Waals surface area (Å²) < 4.78 is 0. The first-order valence-electron chi connectivity index (χ1n) is 6.83.